The van der Waals surface area contributed by atoms with Crippen molar-refractivity contribution in [3.05, 3.63) is 58.0 Å². The molecule has 0 atom stereocenters. The molecule has 0 bridgehead atoms. The molecule has 0 unspecified atom stereocenters. The van der Waals surface area contributed by atoms with Crippen molar-refractivity contribution < 1.29 is 17.7 Å². The number of benzene rings is 1. The molecule has 8 nitrogen and oxygen atoms in total. The van der Waals surface area contributed by atoms with Crippen molar-refractivity contribution in [1.29, 1.82) is 0 Å². The Morgan fingerprint density at radius 1 is 1.18 bits per heavy atom. The second kappa shape index (κ2) is 6.29. The zero-order valence-electron chi connectivity index (χ0n) is 14.7. The molecule has 144 valence electrons. The SMILES string of the molecule is Cc1nn(C)c2cnn(Cc3ccc(-c4noc(C(F)(F)F)n4)cc3)c(=O)c12. The minimum absolute atomic E-state index is 0.165. The van der Waals surface area contributed by atoms with Crippen molar-refractivity contribution in [3.63, 3.8) is 0 Å². The van der Waals surface area contributed by atoms with E-state index in [1.54, 1.807) is 49.1 Å². The van der Waals surface area contributed by atoms with Crippen LogP contribution in [0.1, 0.15) is 17.1 Å². The first-order valence-corrected chi connectivity index (χ1v) is 8.13. The first kappa shape index (κ1) is 17.9. The van der Waals surface area contributed by atoms with Gasteiger partial charge in [-0.15, -0.1) is 0 Å². The van der Waals surface area contributed by atoms with Crippen LogP contribution >= 0.6 is 0 Å². The molecule has 1 aromatic carbocycles. The minimum atomic E-state index is -4.69. The molecule has 3 heterocycles. The average Bonchev–Trinajstić information content (AvgIpc) is 3.23. The normalized spacial score (nSPS) is 12.0. The Morgan fingerprint density at radius 3 is 2.54 bits per heavy atom. The van der Waals surface area contributed by atoms with E-state index < -0.39 is 12.1 Å². The number of hydrogen-bond donors (Lipinski definition) is 0. The van der Waals surface area contributed by atoms with Gasteiger partial charge in [-0.2, -0.15) is 28.4 Å². The molecule has 0 N–H and O–H groups in total. The van der Waals surface area contributed by atoms with E-state index in [-0.39, 0.29) is 17.9 Å². The highest BCUT2D eigenvalue weighted by atomic mass is 19.4. The smallest absolute Gasteiger partial charge is 0.329 e. The van der Waals surface area contributed by atoms with E-state index in [0.717, 1.165) is 5.56 Å². The van der Waals surface area contributed by atoms with Crippen molar-refractivity contribution in [2.75, 3.05) is 0 Å². The molecule has 4 rings (SSSR count). The lowest BCUT2D eigenvalue weighted by atomic mass is 10.1. The Morgan fingerprint density at radius 2 is 1.89 bits per heavy atom. The van der Waals surface area contributed by atoms with E-state index in [2.05, 4.69) is 24.9 Å². The number of nitrogens with zero attached hydrogens (tertiary/aromatic N) is 6. The van der Waals surface area contributed by atoms with E-state index in [1.165, 1.54) is 4.68 Å². The summed E-state index contributed by atoms with van der Waals surface area (Å²) in [6.07, 6.45) is -3.12. The van der Waals surface area contributed by atoms with Crippen LogP contribution < -0.4 is 5.56 Å². The molecule has 11 heteroatoms. The molecule has 0 aliphatic carbocycles. The van der Waals surface area contributed by atoms with Gasteiger partial charge in [-0.25, -0.2) is 4.68 Å². The quantitative estimate of drug-likeness (QED) is 0.534. The maximum Gasteiger partial charge on any atom is 0.471 e. The molecule has 28 heavy (non-hydrogen) atoms. The Bertz CT molecular complexity index is 1220. The Kier molecular flexibility index (Phi) is 4.02. The van der Waals surface area contributed by atoms with Gasteiger partial charge in [0, 0.05) is 12.6 Å². The fourth-order valence-corrected chi connectivity index (χ4v) is 2.89. The molecule has 0 aliphatic heterocycles. The van der Waals surface area contributed by atoms with Gasteiger partial charge in [-0.1, -0.05) is 29.4 Å². The fraction of sp³-hybridized carbons (Fsp3) is 0.235. The molecule has 0 aliphatic rings. The van der Waals surface area contributed by atoms with Crippen LogP contribution in [0.5, 0.6) is 0 Å². The molecule has 0 fully saturated rings. The summed E-state index contributed by atoms with van der Waals surface area (Å²) in [5.41, 5.74) is 2.10. The zero-order chi connectivity index (χ0) is 20.1. The molecular weight excluding hydrogens is 377 g/mol. The van der Waals surface area contributed by atoms with Crippen molar-refractivity contribution in [3.8, 4) is 11.4 Å². The maximum atomic E-state index is 12.7. The number of aromatic nitrogens is 6. The van der Waals surface area contributed by atoms with Crippen LogP contribution in [0.15, 0.2) is 39.8 Å². The number of rotatable bonds is 3. The second-order valence-electron chi connectivity index (χ2n) is 6.19. The first-order chi connectivity index (χ1) is 13.2. The molecular formula is C17H13F3N6O2. The minimum Gasteiger partial charge on any atom is -0.329 e. The largest absolute Gasteiger partial charge is 0.471 e. The molecule has 4 aromatic rings. The Hall–Kier alpha value is -3.50. The summed E-state index contributed by atoms with van der Waals surface area (Å²) in [4.78, 5) is 16.0. The molecule has 0 amide bonds. The topological polar surface area (TPSA) is 91.6 Å². The van der Waals surface area contributed by atoms with Gasteiger partial charge in [0.05, 0.1) is 29.3 Å². The lowest BCUT2D eigenvalue weighted by Gasteiger charge is -2.05. The summed E-state index contributed by atoms with van der Waals surface area (Å²) in [6.45, 7) is 1.95. The first-order valence-electron chi connectivity index (χ1n) is 8.13. The van der Waals surface area contributed by atoms with Crippen LogP contribution in [0.25, 0.3) is 22.3 Å². The van der Waals surface area contributed by atoms with Gasteiger partial charge < -0.3 is 4.52 Å². The third-order valence-corrected chi connectivity index (χ3v) is 4.25. The number of hydrogen-bond acceptors (Lipinski definition) is 6. The molecule has 3 aromatic heterocycles. The van der Waals surface area contributed by atoms with Gasteiger partial charge in [-0.05, 0) is 12.5 Å². The highest BCUT2D eigenvalue weighted by molar-refractivity contribution is 5.79. The number of fused-ring (bicyclic) bond motifs is 1. The van der Waals surface area contributed by atoms with E-state index >= 15 is 0 Å². The van der Waals surface area contributed by atoms with E-state index in [1.807, 2.05) is 0 Å². The number of aryl methyl sites for hydroxylation is 2. The Labute approximate surface area is 155 Å². The predicted octanol–water partition coefficient (Wildman–Crippen LogP) is 2.56. The van der Waals surface area contributed by atoms with Crippen LogP contribution in [0.4, 0.5) is 13.2 Å². The van der Waals surface area contributed by atoms with Gasteiger partial charge in [0.15, 0.2) is 0 Å². The summed E-state index contributed by atoms with van der Waals surface area (Å²) in [7, 11) is 1.74. The third-order valence-electron chi connectivity index (χ3n) is 4.25. The predicted molar refractivity (Wildman–Crippen MR) is 91.3 cm³/mol. The second-order valence-corrected chi connectivity index (χ2v) is 6.19. The summed E-state index contributed by atoms with van der Waals surface area (Å²) in [5, 5.41) is 12.2. The monoisotopic (exact) mass is 390 g/mol. The van der Waals surface area contributed by atoms with Crippen LogP contribution in [0, 0.1) is 6.92 Å². The van der Waals surface area contributed by atoms with Crippen molar-refractivity contribution in [2.45, 2.75) is 19.6 Å². The van der Waals surface area contributed by atoms with Crippen molar-refractivity contribution >= 4 is 10.9 Å². The van der Waals surface area contributed by atoms with Gasteiger partial charge in [-0.3, -0.25) is 9.48 Å². The third kappa shape index (κ3) is 3.04. The molecule has 0 saturated carbocycles. The van der Waals surface area contributed by atoms with E-state index in [4.69, 9.17) is 0 Å². The van der Waals surface area contributed by atoms with Gasteiger partial charge in [0.2, 0.25) is 5.82 Å². The molecule has 0 spiro atoms. The zero-order valence-corrected chi connectivity index (χ0v) is 14.7. The van der Waals surface area contributed by atoms with Crippen LogP contribution in [-0.4, -0.2) is 29.7 Å². The van der Waals surface area contributed by atoms with Crippen molar-refractivity contribution in [2.24, 2.45) is 7.05 Å². The van der Waals surface area contributed by atoms with Crippen LogP contribution in [-0.2, 0) is 19.8 Å². The summed E-state index contributed by atoms with van der Waals surface area (Å²) >= 11 is 0. The lowest BCUT2D eigenvalue weighted by molar-refractivity contribution is -0.159. The van der Waals surface area contributed by atoms with Gasteiger partial charge in [0.1, 0.15) is 0 Å². The van der Waals surface area contributed by atoms with E-state index in [0.29, 0.717) is 22.2 Å². The fourth-order valence-electron chi connectivity index (χ4n) is 2.89. The summed E-state index contributed by atoms with van der Waals surface area (Å²) in [6, 6.07) is 6.43. The highest BCUT2D eigenvalue weighted by Gasteiger charge is 2.38. The van der Waals surface area contributed by atoms with E-state index in [9.17, 15) is 18.0 Å². The Balaban J connectivity index is 1.61. The molecule has 0 saturated heterocycles. The standard InChI is InChI=1S/C17H13F3N6O2/c1-9-13-12(25(2)23-9)7-21-26(15(13)27)8-10-3-5-11(6-4-10)14-22-16(28-24-14)17(18,19)20/h3-7H,8H2,1-2H3. The van der Waals surface area contributed by atoms with Crippen molar-refractivity contribution in [1.82, 2.24) is 29.7 Å². The maximum absolute atomic E-state index is 12.7. The summed E-state index contributed by atoms with van der Waals surface area (Å²) < 4.78 is 44.8. The van der Waals surface area contributed by atoms with Crippen LogP contribution in [0.2, 0.25) is 0 Å². The summed E-state index contributed by atoms with van der Waals surface area (Å²) in [5.74, 6) is -1.57. The van der Waals surface area contributed by atoms with Gasteiger partial charge in [0.25, 0.3) is 5.56 Å². The highest BCUT2D eigenvalue weighted by Crippen LogP contribution is 2.29. The van der Waals surface area contributed by atoms with Crippen LogP contribution in [0.3, 0.4) is 0 Å². The number of alkyl halides is 3. The average molecular weight is 390 g/mol. The lowest BCUT2D eigenvalue weighted by Crippen LogP contribution is -2.23. The molecule has 0 radical (unpaired) electrons. The van der Waals surface area contributed by atoms with Gasteiger partial charge >= 0.3 is 12.1 Å². The number of halogens is 3.